The molecule has 0 aliphatic carbocycles. The van der Waals surface area contributed by atoms with Crippen LogP contribution < -0.4 is 5.32 Å². The highest BCUT2D eigenvalue weighted by molar-refractivity contribution is 6.31. The number of hydrogen-bond donors (Lipinski definition) is 1. The summed E-state index contributed by atoms with van der Waals surface area (Å²) < 4.78 is 5.91. The topological polar surface area (TPSA) is 21.3 Å². The van der Waals surface area contributed by atoms with Crippen LogP contribution in [-0.4, -0.2) is 18.2 Å². The summed E-state index contributed by atoms with van der Waals surface area (Å²) in [5, 5.41) is 4.24. The second-order valence-electron chi connectivity index (χ2n) is 5.56. The number of hydrogen-bond acceptors (Lipinski definition) is 2. The highest BCUT2D eigenvalue weighted by Crippen LogP contribution is 2.17. The van der Waals surface area contributed by atoms with E-state index in [2.05, 4.69) is 33.0 Å². The van der Waals surface area contributed by atoms with Gasteiger partial charge in [0.25, 0.3) is 0 Å². The SMILES string of the molecule is CCC(CNC(C)(C)C)OCc1ccccc1Cl. The Kier molecular flexibility index (Phi) is 6.13. The van der Waals surface area contributed by atoms with E-state index in [1.54, 1.807) is 0 Å². The zero-order chi connectivity index (χ0) is 13.6. The van der Waals surface area contributed by atoms with Gasteiger partial charge in [-0.05, 0) is 38.8 Å². The molecule has 1 rings (SSSR count). The van der Waals surface area contributed by atoms with Gasteiger partial charge in [-0.1, -0.05) is 36.7 Å². The monoisotopic (exact) mass is 269 g/mol. The summed E-state index contributed by atoms with van der Waals surface area (Å²) in [4.78, 5) is 0. The summed E-state index contributed by atoms with van der Waals surface area (Å²) in [6.45, 7) is 10.1. The fourth-order valence-corrected chi connectivity index (χ4v) is 1.75. The Balaban J connectivity index is 2.43. The predicted molar refractivity (Wildman–Crippen MR) is 78.1 cm³/mol. The first-order valence-corrected chi connectivity index (χ1v) is 6.90. The van der Waals surface area contributed by atoms with E-state index in [1.807, 2.05) is 24.3 Å². The molecule has 0 saturated carbocycles. The first kappa shape index (κ1) is 15.5. The molecule has 1 N–H and O–H groups in total. The standard InChI is InChI=1S/C15H24ClNO/c1-5-13(10-17-15(2,3)4)18-11-12-8-6-7-9-14(12)16/h6-9,13,17H,5,10-11H2,1-4H3. The summed E-state index contributed by atoms with van der Waals surface area (Å²) in [7, 11) is 0. The van der Waals surface area contributed by atoms with Crippen LogP contribution in [0.4, 0.5) is 0 Å². The zero-order valence-electron chi connectivity index (χ0n) is 11.8. The van der Waals surface area contributed by atoms with Crippen LogP contribution in [0.1, 0.15) is 39.7 Å². The number of rotatable bonds is 6. The molecular weight excluding hydrogens is 246 g/mol. The van der Waals surface area contributed by atoms with Crippen molar-refractivity contribution >= 4 is 11.6 Å². The highest BCUT2D eigenvalue weighted by atomic mass is 35.5. The van der Waals surface area contributed by atoms with Gasteiger partial charge in [-0.2, -0.15) is 0 Å². The predicted octanol–water partition coefficient (Wildman–Crippen LogP) is 4.02. The van der Waals surface area contributed by atoms with Crippen molar-refractivity contribution in [2.24, 2.45) is 0 Å². The van der Waals surface area contributed by atoms with Crippen molar-refractivity contribution in [2.75, 3.05) is 6.54 Å². The molecule has 0 radical (unpaired) electrons. The molecule has 1 atom stereocenters. The molecular formula is C15H24ClNO. The molecule has 0 fully saturated rings. The lowest BCUT2D eigenvalue weighted by Gasteiger charge is -2.25. The molecule has 0 saturated heterocycles. The summed E-state index contributed by atoms with van der Waals surface area (Å²) in [6.07, 6.45) is 1.22. The first-order valence-electron chi connectivity index (χ1n) is 6.52. The molecule has 0 amide bonds. The average molecular weight is 270 g/mol. The van der Waals surface area contributed by atoms with Crippen molar-refractivity contribution in [3.8, 4) is 0 Å². The van der Waals surface area contributed by atoms with Gasteiger partial charge < -0.3 is 10.1 Å². The maximum atomic E-state index is 6.10. The number of nitrogens with one attached hydrogen (secondary N) is 1. The Labute approximate surface area is 116 Å². The van der Waals surface area contributed by atoms with Crippen molar-refractivity contribution < 1.29 is 4.74 Å². The summed E-state index contributed by atoms with van der Waals surface area (Å²) >= 11 is 6.10. The molecule has 18 heavy (non-hydrogen) atoms. The third-order valence-corrected chi connectivity index (χ3v) is 3.12. The van der Waals surface area contributed by atoms with Crippen LogP contribution in [-0.2, 0) is 11.3 Å². The van der Waals surface area contributed by atoms with Crippen LogP contribution in [0.3, 0.4) is 0 Å². The van der Waals surface area contributed by atoms with Crippen molar-refractivity contribution in [1.29, 1.82) is 0 Å². The lowest BCUT2D eigenvalue weighted by molar-refractivity contribution is 0.0346. The van der Waals surface area contributed by atoms with Crippen LogP contribution in [0.2, 0.25) is 5.02 Å². The molecule has 0 aliphatic heterocycles. The maximum Gasteiger partial charge on any atom is 0.0735 e. The van der Waals surface area contributed by atoms with E-state index < -0.39 is 0 Å². The van der Waals surface area contributed by atoms with Crippen LogP contribution >= 0.6 is 11.6 Å². The fraction of sp³-hybridized carbons (Fsp3) is 0.600. The fourth-order valence-electron chi connectivity index (χ4n) is 1.56. The quantitative estimate of drug-likeness (QED) is 0.842. The van der Waals surface area contributed by atoms with Gasteiger partial charge in [-0.3, -0.25) is 0 Å². The Morgan fingerprint density at radius 1 is 1.28 bits per heavy atom. The van der Waals surface area contributed by atoms with Crippen LogP contribution in [0.5, 0.6) is 0 Å². The normalized spacial score (nSPS) is 13.6. The smallest absolute Gasteiger partial charge is 0.0735 e. The van der Waals surface area contributed by atoms with E-state index in [9.17, 15) is 0 Å². The number of benzene rings is 1. The van der Waals surface area contributed by atoms with Crippen molar-refractivity contribution in [1.82, 2.24) is 5.32 Å². The number of halogens is 1. The molecule has 0 bridgehead atoms. The van der Waals surface area contributed by atoms with Crippen LogP contribution in [0, 0.1) is 0 Å². The van der Waals surface area contributed by atoms with Crippen LogP contribution in [0.25, 0.3) is 0 Å². The minimum atomic E-state index is 0.126. The van der Waals surface area contributed by atoms with E-state index in [0.717, 1.165) is 23.6 Å². The maximum absolute atomic E-state index is 6.10. The summed E-state index contributed by atoms with van der Waals surface area (Å²) in [5.74, 6) is 0. The molecule has 0 heterocycles. The van der Waals surface area contributed by atoms with E-state index in [4.69, 9.17) is 16.3 Å². The van der Waals surface area contributed by atoms with E-state index in [-0.39, 0.29) is 11.6 Å². The lowest BCUT2D eigenvalue weighted by atomic mass is 10.1. The second kappa shape index (κ2) is 7.13. The van der Waals surface area contributed by atoms with E-state index in [1.165, 1.54) is 0 Å². The molecule has 1 aromatic rings. The third kappa shape index (κ3) is 5.85. The van der Waals surface area contributed by atoms with Gasteiger partial charge in [-0.15, -0.1) is 0 Å². The molecule has 0 aromatic heterocycles. The molecule has 1 unspecified atom stereocenters. The van der Waals surface area contributed by atoms with Crippen molar-refractivity contribution in [3.05, 3.63) is 34.9 Å². The highest BCUT2D eigenvalue weighted by Gasteiger charge is 2.13. The summed E-state index contributed by atoms with van der Waals surface area (Å²) in [6, 6.07) is 7.82. The Morgan fingerprint density at radius 3 is 2.50 bits per heavy atom. The zero-order valence-corrected chi connectivity index (χ0v) is 12.6. The second-order valence-corrected chi connectivity index (χ2v) is 5.97. The third-order valence-electron chi connectivity index (χ3n) is 2.75. The van der Waals surface area contributed by atoms with Gasteiger partial charge in [0.15, 0.2) is 0 Å². The minimum Gasteiger partial charge on any atom is -0.372 e. The Bertz CT molecular complexity index is 360. The molecule has 1 aromatic carbocycles. The molecule has 102 valence electrons. The van der Waals surface area contributed by atoms with Gasteiger partial charge in [0, 0.05) is 17.1 Å². The largest absolute Gasteiger partial charge is 0.372 e. The molecule has 0 spiro atoms. The van der Waals surface area contributed by atoms with Crippen molar-refractivity contribution in [2.45, 2.75) is 52.4 Å². The van der Waals surface area contributed by atoms with E-state index in [0.29, 0.717) is 6.61 Å². The van der Waals surface area contributed by atoms with E-state index >= 15 is 0 Å². The minimum absolute atomic E-state index is 0.126. The van der Waals surface area contributed by atoms with Gasteiger partial charge in [0.05, 0.1) is 12.7 Å². The Hall–Kier alpha value is -0.570. The van der Waals surface area contributed by atoms with Crippen molar-refractivity contribution in [3.63, 3.8) is 0 Å². The van der Waals surface area contributed by atoms with Gasteiger partial charge in [0.1, 0.15) is 0 Å². The van der Waals surface area contributed by atoms with Gasteiger partial charge in [0.2, 0.25) is 0 Å². The number of ether oxygens (including phenoxy) is 1. The van der Waals surface area contributed by atoms with Gasteiger partial charge in [-0.25, -0.2) is 0 Å². The average Bonchev–Trinajstić information content (AvgIpc) is 2.30. The molecule has 2 nitrogen and oxygen atoms in total. The molecule has 3 heteroatoms. The summed E-state index contributed by atoms with van der Waals surface area (Å²) in [5.41, 5.74) is 1.18. The van der Waals surface area contributed by atoms with Gasteiger partial charge >= 0.3 is 0 Å². The first-order chi connectivity index (χ1) is 8.42. The van der Waals surface area contributed by atoms with Crippen LogP contribution in [0.15, 0.2) is 24.3 Å². The molecule has 0 aliphatic rings. The Morgan fingerprint density at radius 2 is 1.94 bits per heavy atom. The lowest BCUT2D eigenvalue weighted by Crippen LogP contribution is -2.41.